The number of nitrogens with one attached hydrogen (secondary N) is 3. The van der Waals surface area contributed by atoms with Crippen LogP contribution < -0.4 is 15.9 Å². The molecule has 222 valence electrons. The third-order valence-corrected chi connectivity index (χ3v) is 8.45. The first-order valence-corrected chi connectivity index (χ1v) is 14.8. The van der Waals surface area contributed by atoms with Crippen LogP contribution in [0.15, 0.2) is 34.3 Å². The highest BCUT2D eigenvalue weighted by Gasteiger charge is 2.38. The Morgan fingerprint density at radius 1 is 1.24 bits per heavy atom. The van der Waals surface area contributed by atoms with Crippen LogP contribution in [-0.4, -0.2) is 106 Å². The number of nitrogens with two attached hydrogens (primary N) is 1. The Hall–Kier alpha value is -4.12. The molecule has 41 heavy (non-hydrogen) atoms. The summed E-state index contributed by atoms with van der Waals surface area (Å²) >= 11 is 0. The van der Waals surface area contributed by atoms with Gasteiger partial charge in [0.2, 0.25) is 27.7 Å². The van der Waals surface area contributed by atoms with E-state index in [4.69, 9.17) is 10.9 Å². The number of H-pyrrole nitrogens is 1. The number of piperidine rings is 1. The zero-order chi connectivity index (χ0) is 29.4. The summed E-state index contributed by atoms with van der Waals surface area (Å²) in [4.78, 5) is 41.0. The van der Waals surface area contributed by atoms with Crippen LogP contribution in [0.25, 0.3) is 11.4 Å². The number of carboxylic acid groups (broad SMARTS) is 1. The van der Waals surface area contributed by atoms with E-state index >= 15 is 0 Å². The third kappa shape index (κ3) is 8.43. The molecule has 2 aromatic rings. The number of hydrogen-bond donors (Lipinski definition) is 5. The molecule has 2 aliphatic rings. The average molecular weight is 591 g/mol. The van der Waals surface area contributed by atoms with Crippen molar-refractivity contribution in [3.8, 4) is 11.4 Å². The predicted octanol–water partition coefficient (Wildman–Crippen LogP) is -0.900. The molecule has 1 aliphatic heterocycles. The van der Waals surface area contributed by atoms with Gasteiger partial charge < -0.3 is 26.1 Å². The van der Waals surface area contributed by atoms with Crippen LogP contribution in [0.1, 0.15) is 38.5 Å². The van der Waals surface area contributed by atoms with Crippen molar-refractivity contribution < 1.29 is 27.9 Å². The smallest absolute Gasteiger partial charge is 0.305 e. The second kappa shape index (κ2) is 13.5. The standard InChI is InChI=1S/C24H34N10O6S/c25-27-15-33-10-1-2-16(14-33)13-26-21(35)12-20(24(38)34(18-5-6-18)11-9-22(36)37)30-41(39,40)19-7-3-17(4-8-19)23-28-31-32-29-23/h3-4,7-8,15-16,18,20,30H,1-2,5-6,9-14,25H2,(H,26,35)(H,36,37)(H,28,29,31,32)/t16-,20-/m0/s1. The highest BCUT2D eigenvalue weighted by molar-refractivity contribution is 7.89. The summed E-state index contributed by atoms with van der Waals surface area (Å²) in [7, 11) is -4.25. The van der Waals surface area contributed by atoms with E-state index in [1.165, 1.54) is 29.2 Å². The molecule has 17 heteroatoms. The molecule has 1 saturated carbocycles. The van der Waals surface area contributed by atoms with Gasteiger partial charge in [-0.3, -0.25) is 14.4 Å². The van der Waals surface area contributed by atoms with E-state index in [-0.39, 0.29) is 35.6 Å². The van der Waals surface area contributed by atoms with Crippen molar-refractivity contribution in [1.29, 1.82) is 0 Å². The minimum absolute atomic E-state index is 0.0846. The summed E-state index contributed by atoms with van der Waals surface area (Å²) in [5.74, 6) is 3.43. The van der Waals surface area contributed by atoms with Crippen molar-refractivity contribution in [3.05, 3.63) is 24.3 Å². The minimum Gasteiger partial charge on any atom is -0.481 e. The number of hydrazone groups is 1. The molecule has 0 unspecified atom stereocenters. The second-order valence-electron chi connectivity index (χ2n) is 10.1. The van der Waals surface area contributed by atoms with Crippen LogP contribution >= 0.6 is 0 Å². The van der Waals surface area contributed by atoms with Crippen LogP contribution in [0.5, 0.6) is 0 Å². The summed E-state index contributed by atoms with van der Waals surface area (Å²) < 4.78 is 29.0. The van der Waals surface area contributed by atoms with Gasteiger partial charge in [-0.1, -0.05) is 0 Å². The Bertz CT molecular complexity index is 1330. The minimum atomic E-state index is -4.25. The Morgan fingerprint density at radius 2 is 2.00 bits per heavy atom. The van der Waals surface area contributed by atoms with Crippen LogP contribution in [-0.2, 0) is 24.4 Å². The number of tetrazole rings is 1. The molecule has 0 radical (unpaired) electrons. The molecule has 6 N–H and O–H groups in total. The number of amides is 2. The van der Waals surface area contributed by atoms with Crippen LogP contribution in [0, 0.1) is 5.92 Å². The van der Waals surface area contributed by atoms with E-state index in [1.54, 1.807) is 6.34 Å². The lowest BCUT2D eigenvalue weighted by atomic mass is 9.98. The van der Waals surface area contributed by atoms with Gasteiger partial charge in [0.1, 0.15) is 12.4 Å². The topological polar surface area (TPSA) is 229 Å². The van der Waals surface area contributed by atoms with Gasteiger partial charge in [-0.25, -0.2) is 8.42 Å². The van der Waals surface area contributed by atoms with Crippen LogP contribution in [0.2, 0.25) is 0 Å². The molecule has 2 amide bonds. The number of aliphatic carboxylic acids is 1. The maximum atomic E-state index is 13.6. The third-order valence-electron chi connectivity index (χ3n) is 6.96. The molecular formula is C24H34N10O6S. The Labute approximate surface area is 236 Å². The monoisotopic (exact) mass is 590 g/mol. The summed E-state index contributed by atoms with van der Waals surface area (Å²) in [6, 6.07) is 4.03. The molecule has 0 spiro atoms. The summed E-state index contributed by atoms with van der Waals surface area (Å²) in [6.07, 6.45) is 3.95. The first-order chi connectivity index (χ1) is 19.7. The number of aromatic nitrogens is 4. The van der Waals surface area contributed by atoms with Gasteiger partial charge in [0.15, 0.2) is 0 Å². The zero-order valence-corrected chi connectivity index (χ0v) is 23.2. The molecule has 1 aliphatic carbocycles. The molecule has 0 bridgehead atoms. The number of aromatic amines is 1. The molecule has 1 saturated heterocycles. The number of carbonyl (C=O) groups excluding carboxylic acids is 2. The van der Waals surface area contributed by atoms with Crippen molar-refractivity contribution >= 4 is 34.1 Å². The van der Waals surface area contributed by atoms with Gasteiger partial charge >= 0.3 is 5.97 Å². The lowest BCUT2D eigenvalue weighted by molar-refractivity contribution is -0.140. The van der Waals surface area contributed by atoms with Gasteiger partial charge in [-0.05, 0) is 61.1 Å². The van der Waals surface area contributed by atoms with E-state index in [9.17, 15) is 22.8 Å². The second-order valence-corrected chi connectivity index (χ2v) is 11.8. The van der Waals surface area contributed by atoms with E-state index in [1.807, 2.05) is 4.90 Å². The van der Waals surface area contributed by atoms with E-state index in [2.05, 4.69) is 35.8 Å². The van der Waals surface area contributed by atoms with Crippen molar-refractivity contribution in [1.82, 2.24) is 40.5 Å². The van der Waals surface area contributed by atoms with E-state index in [0.717, 1.165) is 19.4 Å². The number of hydrogen-bond acceptors (Lipinski definition) is 10. The largest absolute Gasteiger partial charge is 0.481 e. The van der Waals surface area contributed by atoms with Gasteiger partial charge in [0.25, 0.3) is 0 Å². The maximum absolute atomic E-state index is 13.6. The zero-order valence-electron chi connectivity index (χ0n) is 22.3. The average Bonchev–Trinajstić information content (AvgIpc) is 3.63. The van der Waals surface area contributed by atoms with Crippen LogP contribution in [0.4, 0.5) is 0 Å². The quantitative estimate of drug-likeness (QED) is 0.0783. The summed E-state index contributed by atoms with van der Waals surface area (Å²) in [5.41, 5.74) is 0.525. The normalized spacial score (nSPS) is 18.2. The number of sulfonamides is 1. The van der Waals surface area contributed by atoms with Crippen molar-refractivity contribution in [3.63, 3.8) is 0 Å². The lowest BCUT2D eigenvalue weighted by Crippen LogP contribution is -2.52. The summed E-state index contributed by atoms with van der Waals surface area (Å²) in [6.45, 7) is 1.72. The predicted molar refractivity (Wildman–Crippen MR) is 145 cm³/mol. The van der Waals surface area contributed by atoms with Gasteiger partial charge in [-0.2, -0.15) is 15.0 Å². The Balaban J connectivity index is 1.47. The van der Waals surface area contributed by atoms with Crippen molar-refractivity contribution in [2.45, 2.75) is 55.5 Å². The Kier molecular flexibility index (Phi) is 9.82. The van der Waals surface area contributed by atoms with Crippen LogP contribution in [0.3, 0.4) is 0 Å². The molecule has 1 aromatic heterocycles. The number of benzene rings is 1. The van der Waals surface area contributed by atoms with Gasteiger partial charge in [0.05, 0.1) is 17.7 Å². The molecule has 2 atom stereocenters. The lowest BCUT2D eigenvalue weighted by Gasteiger charge is -2.31. The first-order valence-electron chi connectivity index (χ1n) is 13.3. The first kappa shape index (κ1) is 29.9. The maximum Gasteiger partial charge on any atom is 0.305 e. The highest BCUT2D eigenvalue weighted by atomic mass is 32.2. The number of carboxylic acids is 1. The number of carbonyl (C=O) groups is 3. The highest BCUT2D eigenvalue weighted by Crippen LogP contribution is 2.28. The summed E-state index contributed by atoms with van der Waals surface area (Å²) in [5, 5.41) is 29.0. The van der Waals surface area contributed by atoms with Gasteiger partial charge in [-0.15, -0.1) is 10.2 Å². The molecule has 16 nitrogen and oxygen atoms in total. The van der Waals surface area contributed by atoms with E-state index < -0.39 is 40.3 Å². The fourth-order valence-corrected chi connectivity index (χ4v) is 5.95. The SMILES string of the molecule is NN=CN1CCC[C@@H](CNC(=O)C[C@H](NS(=O)(=O)c2ccc(-c3nn[nH]n3)cc2)C(=O)N(CCC(=O)O)C2CC2)C1. The molecule has 4 rings (SSSR count). The van der Waals surface area contributed by atoms with Crippen molar-refractivity contribution in [2.75, 3.05) is 26.2 Å². The molecular weight excluding hydrogens is 556 g/mol. The van der Waals surface area contributed by atoms with E-state index in [0.29, 0.717) is 31.5 Å². The van der Waals surface area contributed by atoms with Crippen molar-refractivity contribution in [2.24, 2.45) is 16.9 Å². The number of likely N-dealkylation sites (tertiary alicyclic amines) is 1. The molecule has 2 fully saturated rings. The molecule has 1 aromatic carbocycles. The fraction of sp³-hybridized carbons (Fsp3) is 0.542. The number of rotatable bonds is 14. The Morgan fingerprint density at radius 3 is 2.63 bits per heavy atom. The molecule has 2 heterocycles. The van der Waals surface area contributed by atoms with Gasteiger partial charge in [0, 0.05) is 37.8 Å². The number of nitrogens with zero attached hydrogens (tertiary/aromatic N) is 6. The fourth-order valence-electron chi connectivity index (χ4n) is 4.76.